The van der Waals surface area contributed by atoms with Crippen molar-refractivity contribution in [3.8, 4) is 0 Å². The van der Waals surface area contributed by atoms with Crippen molar-refractivity contribution in [2.24, 2.45) is 0 Å². The third-order valence-corrected chi connectivity index (χ3v) is 4.59. The number of hydrogen-bond donors (Lipinski definition) is 3. The number of amides is 3. The molecule has 3 N–H and O–H groups in total. The molecule has 128 valence electrons. The molecule has 3 amide bonds. The summed E-state index contributed by atoms with van der Waals surface area (Å²) >= 11 is 0. The second-order valence-electron chi connectivity index (χ2n) is 6.19. The van der Waals surface area contributed by atoms with Crippen LogP contribution in [0.4, 0.5) is 4.79 Å². The Balaban J connectivity index is 0.00000242. The van der Waals surface area contributed by atoms with Gasteiger partial charge in [0, 0.05) is 31.7 Å². The maximum absolute atomic E-state index is 12.1. The molecule has 1 saturated heterocycles. The van der Waals surface area contributed by atoms with Crippen molar-refractivity contribution in [1.82, 2.24) is 20.9 Å². The van der Waals surface area contributed by atoms with Gasteiger partial charge in [-0.3, -0.25) is 15.0 Å². The molecule has 1 spiro atoms. The highest BCUT2D eigenvalue weighted by Crippen LogP contribution is 2.34. The van der Waals surface area contributed by atoms with Gasteiger partial charge in [-0.2, -0.15) is 0 Å². The number of piperazine rings is 1. The zero-order chi connectivity index (χ0) is 15.1. The molecule has 1 aliphatic carbocycles. The first-order valence-electron chi connectivity index (χ1n) is 8.20. The molecule has 1 heterocycles. The van der Waals surface area contributed by atoms with Gasteiger partial charge in [0.25, 0.3) is 0 Å². The van der Waals surface area contributed by atoms with Crippen molar-refractivity contribution in [3.05, 3.63) is 0 Å². The highest BCUT2D eigenvalue weighted by Gasteiger charge is 2.40. The molecule has 0 unspecified atom stereocenters. The monoisotopic (exact) mass is 332 g/mol. The Morgan fingerprint density at radius 1 is 1.23 bits per heavy atom. The van der Waals surface area contributed by atoms with Gasteiger partial charge in [0.15, 0.2) is 0 Å². The first-order valence-corrected chi connectivity index (χ1v) is 8.20. The van der Waals surface area contributed by atoms with Crippen LogP contribution in [0.25, 0.3) is 0 Å². The predicted octanol–water partition coefficient (Wildman–Crippen LogP) is 1.25. The van der Waals surface area contributed by atoms with E-state index in [4.69, 9.17) is 0 Å². The highest BCUT2D eigenvalue weighted by molar-refractivity contribution is 5.95. The van der Waals surface area contributed by atoms with Gasteiger partial charge in [0.2, 0.25) is 5.91 Å². The SMILES string of the molecule is CCCNC(=O)NC(=O)CN1CCNCC12CCCCC2.Cl. The van der Waals surface area contributed by atoms with E-state index >= 15 is 0 Å². The van der Waals surface area contributed by atoms with Crippen LogP contribution < -0.4 is 16.0 Å². The molecule has 6 nitrogen and oxygen atoms in total. The molecule has 0 radical (unpaired) electrons. The summed E-state index contributed by atoms with van der Waals surface area (Å²) in [6.45, 7) is 5.65. The lowest BCUT2D eigenvalue weighted by atomic mass is 9.79. The molecule has 1 aliphatic heterocycles. The van der Waals surface area contributed by atoms with Crippen LogP contribution in [-0.2, 0) is 4.79 Å². The molecular formula is C15H29ClN4O2. The number of halogens is 1. The number of urea groups is 1. The molecular weight excluding hydrogens is 304 g/mol. The van der Waals surface area contributed by atoms with Crippen molar-refractivity contribution in [1.29, 1.82) is 0 Å². The van der Waals surface area contributed by atoms with Crippen LogP contribution in [0.3, 0.4) is 0 Å². The molecule has 2 fully saturated rings. The topological polar surface area (TPSA) is 73.5 Å². The van der Waals surface area contributed by atoms with Crippen LogP contribution in [-0.4, -0.2) is 55.1 Å². The number of nitrogens with zero attached hydrogens (tertiary/aromatic N) is 1. The summed E-state index contributed by atoms with van der Waals surface area (Å²) in [5.41, 5.74) is 0.119. The van der Waals surface area contributed by atoms with E-state index in [0.717, 1.165) is 38.9 Å². The molecule has 22 heavy (non-hydrogen) atoms. The van der Waals surface area contributed by atoms with Crippen LogP contribution in [0.1, 0.15) is 45.4 Å². The third kappa shape index (κ3) is 5.11. The summed E-state index contributed by atoms with van der Waals surface area (Å²) in [5, 5.41) is 8.57. The number of imide groups is 1. The van der Waals surface area contributed by atoms with E-state index in [-0.39, 0.29) is 29.9 Å². The van der Waals surface area contributed by atoms with E-state index in [2.05, 4.69) is 20.9 Å². The largest absolute Gasteiger partial charge is 0.338 e. The number of hydrogen-bond acceptors (Lipinski definition) is 4. The van der Waals surface area contributed by atoms with Gasteiger partial charge < -0.3 is 10.6 Å². The number of carbonyl (C=O) groups is 2. The maximum Gasteiger partial charge on any atom is 0.321 e. The molecule has 0 aromatic rings. The predicted molar refractivity (Wildman–Crippen MR) is 89.3 cm³/mol. The second-order valence-corrected chi connectivity index (χ2v) is 6.19. The zero-order valence-electron chi connectivity index (χ0n) is 13.5. The lowest BCUT2D eigenvalue weighted by molar-refractivity contribution is -0.123. The maximum atomic E-state index is 12.1. The normalized spacial score (nSPS) is 21.0. The highest BCUT2D eigenvalue weighted by atomic mass is 35.5. The number of rotatable bonds is 4. The van der Waals surface area contributed by atoms with Crippen molar-refractivity contribution < 1.29 is 9.59 Å². The van der Waals surface area contributed by atoms with Crippen molar-refractivity contribution in [2.75, 3.05) is 32.7 Å². The molecule has 2 rings (SSSR count). The van der Waals surface area contributed by atoms with Crippen molar-refractivity contribution in [2.45, 2.75) is 51.0 Å². The van der Waals surface area contributed by atoms with Gasteiger partial charge in [0.1, 0.15) is 0 Å². The Bertz CT molecular complexity index is 364. The van der Waals surface area contributed by atoms with Crippen molar-refractivity contribution in [3.63, 3.8) is 0 Å². The lowest BCUT2D eigenvalue weighted by Gasteiger charge is -2.49. The lowest BCUT2D eigenvalue weighted by Crippen LogP contribution is -2.63. The Morgan fingerprint density at radius 3 is 2.64 bits per heavy atom. The fourth-order valence-electron chi connectivity index (χ4n) is 3.46. The Kier molecular flexibility index (Phi) is 8.14. The van der Waals surface area contributed by atoms with E-state index in [1.165, 1.54) is 19.3 Å². The number of carbonyl (C=O) groups excluding carboxylic acids is 2. The zero-order valence-corrected chi connectivity index (χ0v) is 14.3. The van der Waals surface area contributed by atoms with Crippen molar-refractivity contribution >= 4 is 24.3 Å². The molecule has 7 heteroatoms. The Hall–Kier alpha value is -0.850. The Morgan fingerprint density at radius 2 is 1.95 bits per heavy atom. The minimum absolute atomic E-state index is 0. The summed E-state index contributed by atoms with van der Waals surface area (Å²) < 4.78 is 0. The smallest absolute Gasteiger partial charge is 0.321 e. The van der Waals surface area contributed by atoms with E-state index in [1.807, 2.05) is 6.92 Å². The van der Waals surface area contributed by atoms with Crippen LogP contribution in [0.15, 0.2) is 0 Å². The fourth-order valence-corrected chi connectivity index (χ4v) is 3.46. The van der Waals surface area contributed by atoms with Gasteiger partial charge in [-0.1, -0.05) is 26.2 Å². The standard InChI is InChI=1S/C15H28N4O2.ClH/c1-2-8-17-14(21)18-13(20)11-19-10-9-16-12-15(19)6-4-3-5-7-15;/h16H,2-12H2,1H3,(H2,17,18,20,21);1H. The van der Waals surface area contributed by atoms with Gasteiger partial charge in [-0.15, -0.1) is 12.4 Å². The summed E-state index contributed by atoms with van der Waals surface area (Å²) in [7, 11) is 0. The van der Waals surface area contributed by atoms with Gasteiger partial charge in [-0.05, 0) is 19.3 Å². The van der Waals surface area contributed by atoms with Crippen LogP contribution in [0, 0.1) is 0 Å². The number of nitrogens with one attached hydrogen (secondary N) is 3. The molecule has 0 atom stereocenters. The summed E-state index contributed by atoms with van der Waals surface area (Å²) in [6, 6.07) is -0.380. The summed E-state index contributed by atoms with van der Waals surface area (Å²) in [5.74, 6) is -0.199. The molecule has 1 saturated carbocycles. The third-order valence-electron chi connectivity index (χ3n) is 4.59. The average Bonchev–Trinajstić information content (AvgIpc) is 2.48. The van der Waals surface area contributed by atoms with Crippen LogP contribution in [0.5, 0.6) is 0 Å². The van der Waals surface area contributed by atoms with Crippen LogP contribution in [0.2, 0.25) is 0 Å². The molecule has 0 bridgehead atoms. The van der Waals surface area contributed by atoms with E-state index in [9.17, 15) is 9.59 Å². The van der Waals surface area contributed by atoms with E-state index in [0.29, 0.717) is 13.1 Å². The average molecular weight is 333 g/mol. The minimum Gasteiger partial charge on any atom is -0.338 e. The molecule has 2 aliphatic rings. The van der Waals surface area contributed by atoms with Gasteiger partial charge >= 0.3 is 6.03 Å². The summed E-state index contributed by atoms with van der Waals surface area (Å²) in [6.07, 6.45) is 6.92. The van der Waals surface area contributed by atoms with E-state index in [1.54, 1.807) is 0 Å². The van der Waals surface area contributed by atoms with Crippen LogP contribution >= 0.6 is 12.4 Å². The quantitative estimate of drug-likeness (QED) is 0.724. The first kappa shape index (κ1) is 19.2. The summed E-state index contributed by atoms with van der Waals surface area (Å²) in [4.78, 5) is 25.9. The second kappa shape index (κ2) is 9.33. The Labute approximate surface area is 139 Å². The molecule has 0 aromatic carbocycles. The van der Waals surface area contributed by atoms with Gasteiger partial charge in [0.05, 0.1) is 6.54 Å². The fraction of sp³-hybridized carbons (Fsp3) is 0.867. The molecule has 0 aromatic heterocycles. The minimum atomic E-state index is -0.380. The van der Waals surface area contributed by atoms with E-state index < -0.39 is 0 Å². The van der Waals surface area contributed by atoms with Gasteiger partial charge in [-0.25, -0.2) is 4.79 Å². The first-order chi connectivity index (χ1) is 10.2.